The van der Waals surface area contributed by atoms with Crippen molar-refractivity contribution in [1.82, 2.24) is 20.0 Å². The highest BCUT2D eigenvalue weighted by Gasteiger charge is 2.23. The molecule has 1 aromatic rings. The fraction of sp³-hybridized carbons (Fsp3) is 0.700. The highest BCUT2D eigenvalue weighted by atomic mass is 35.5. The molecule has 84 valence electrons. The summed E-state index contributed by atoms with van der Waals surface area (Å²) in [5, 5.41) is 8.38. The predicted molar refractivity (Wildman–Crippen MR) is 61.1 cm³/mol. The van der Waals surface area contributed by atoms with Gasteiger partial charge in [0.15, 0.2) is 0 Å². The first-order valence-corrected chi connectivity index (χ1v) is 5.56. The van der Waals surface area contributed by atoms with Gasteiger partial charge in [0, 0.05) is 32.7 Å². The average molecular weight is 229 g/mol. The van der Waals surface area contributed by atoms with Crippen LogP contribution in [0.1, 0.15) is 11.4 Å². The summed E-state index contributed by atoms with van der Waals surface area (Å²) in [4.78, 5) is 2.32. The summed E-state index contributed by atoms with van der Waals surface area (Å²) in [5.74, 6) is 0. The zero-order chi connectivity index (χ0) is 11.0. The molecule has 0 spiro atoms. The summed E-state index contributed by atoms with van der Waals surface area (Å²) in [5.41, 5.74) is 2.01. The van der Waals surface area contributed by atoms with Crippen molar-refractivity contribution < 1.29 is 0 Å². The van der Waals surface area contributed by atoms with Gasteiger partial charge in [-0.05, 0) is 14.0 Å². The van der Waals surface area contributed by atoms with Crippen molar-refractivity contribution in [2.24, 2.45) is 7.05 Å². The minimum atomic E-state index is 0.635. The fourth-order valence-electron chi connectivity index (χ4n) is 1.80. The zero-order valence-corrected chi connectivity index (χ0v) is 10.2. The molecule has 1 saturated heterocycles. The minimum Gasteiger partial charge on any atom is -0.314 e. The molecule has 2 rings (SSSR count). The second-order valence-electron chi connectivity index (χ2n) is 4.20. The molecule has 2 heterocycles. The lowest BCUT2D eigenvalue weighted by molar-refractivity contribution is 0.169. The van der Waals surface area contributed by atoms with Gasteiger partial charge in [-0.1, -0.05) is 11.6 Å². The summed E-state index contributed by atoms with van der Waals surface area (Å²) >= 11 is 6.20. The Kier molecular flexibility index (Phi) is 3.00. The molecule has 0 atom stereocenters. The van der Waals surface area contributed by atoms with E-state index in [4.69, 9.17) is 11.6 Å². The van der Waals surface area contributed by atoms with Gasteiger partial charge in [-0.2, -0.15) is 5.10 Å². The van der Waals surface area contributed by atoms with Crippen molar-refractivity contribution in [1.29, 1.82) is 0 Å². The Bertz CT molecular complexity index is 357. The monoisotopic (exact) mass is 228 g/mol. The van der Waals surface area contributed by atoms with E-state index in [1.807, 2.05) is 18.7 Å². The maximum absolute atomic E-state index is 6.20. The molecule has 0 aliphatic carbocycles. The van der Waals surface area contributed by atoms with E-state index in [-0.39, 0.29) is 0 Å². The van der Waals surface area contributed by atoms with Crippen molar-refractivity contribution in [2.75, 3.05) is 20.1 Å². The van der Waals surface area contributed by atoms with Crippen LogP contribution in [0.25, 0.3) is 0 Å². The maximum atomic E-state index is 6.20. The second-order valence-corrected chi connectivity index (χ2v) is 4.57. The van der Waals surface area contributed by atoms with E-state index in [2.05, 4.69) is 22.4 Å². The van der Waals surface area contributed by atoms with Gasteiger partial charge in [-0.25, -0.2) is 0 Å². The maximum Gasteiger partial charge on any atom is 0.0860 e. The minimum absolute atomic E-state index is 0.635. The first-order chi connectivity index (χ1) is 7.09. The Morgan fingerprint density at radius 3 is 2.67 bits per heavy atom. The topological polar surface area (TPSA) is 33.1 Å². The van der Waals surface area contributed by atoms with E-state index in [1.165, 1.54) is 0 Å². The fourth-order valence-corrected chi connectivity index (χ4v) is 2.02. The summed E-state index contributed by atoms with van der Waals surface area (Å²) in [6, 6.07) is 0.635. The predicted octanol–water partition coefficient (Wildman–Crippen LogP) is 0.786. The lowest BCUT2D eigenvalue weighted by Gasteiger charge is -2.35. The lowest BCUT2D eigenvalue weighted by atomic mass is 10.1. The van der Waals surface area contributed by atoms with Gasteiger partial charge < -0.3 is 5.32 Å². The molecule has 1 aliphatic rings. The van der Waals surface area contributed by atoms with Crippen LogP contribution in [0.3, 0.4) is 0 Å². The third kappa shape index (κ3) is 2.02. The second kappa shape index (κ2) is 4.12. The van der Waals surface area contributed by atoms with Crippen molar-refractivity contribution >= 4 is 11.6 Å². The molecule has 1 aromatic heterocycles. The molecular weight excluding hydrogens is 212 g/mol. The number of hydrogen-bond acceptors (Lipinski definition) is 3. The van der Waals surface area contributed by atoms with E-state index in [0.29, 0.717) is 6.04 Å². The summed E-state index contributed by atoms with van der Waals surface area (Å²) < 4.78 is 1.88. The van der Waals surface area contributed by atoms with Crippen LogP contribution >= 0.6 is 11.6 Å². The molecule has 4 nitrogen and oxygen atoms in total. The number of hydrogen-bond donors (Lipinski definition) is 1. The molecular formula is C10H17ClN4. The molecule has 1 aliphatic heterocycles. The molecule has 0 amide bonds. The molecule has 1 fully saturated rings. The average Bonchev–Trinajstić information content (AvgIpc) is 2.29. The Balaban J connectivity index is 2.09. The zero-order valence-electron chi connectivity index (χ0n) is 9.42. The van der Waals surface area contributed by atoms with E-state index in [1.54, 1.807) is 0 Å². The van der Waals surface area contributed by atoms with Crippen LogP contribution in [0.4, 0.5) is 0 Å². The van der Waals surface area contributed by atoms with E-state index in [9.17, 15) is 0 Å². The molecule has 0 bridgehead atoms. The normalized spacial score (nSPS) is 17.1. The smallest absolute Gasteiger partial charge is 0.0860 e. The Hall–Kier alpha value is -0.580. The van der Waals surface area contributed by atoms with Crippen LogP contribution in [-0.2, 0) is 13.6 Å². The van der Waals surface area contributed by atoms with Crippen molar-refractivity contribution in [3.8, 4) is 0 Å². The van der Waals surface area contributed by atoms with Crippen LogP contribution in [-0.4, -0.2) is 40.9 Å². The molecule has 15 heavy (non-hydrogen) atoms. The summed E-state index contributed by atoms with van der Waals surface area (Å²) in [7, 11) is 4.07. The third-order valence-electron chi connectivity index (χ3n) is 3.04. The Labute approximate surface area is 95.2 Å². The number of rotatable bonds is 3. The number of nitrogens with zero attached hydrogens (tertiary/aromatic N) is 3. The van der Waals surface area contributed by atoms with Crippen LogP contribution in [0.5, 0.6) is 0 Å². The van der Waals surface area contributed by atoms with Crippen LogP contribution in [0.2, 0.25) is 5.02 Å². The number of aryl methyl sites for hydroxylation is 2. The van der Waals surface area contributed by atoms with Crippen LogP contribution in [0, 0.1) is 6.92 Å². The Morgan fingerprint density at radius 2 is 2.27 bits per heavy atom. The van der Waals surface area contributed by atoms with Crippen molar-refractivity contribution in [3.63, 3.8) is 0 Å². The van der Waals surface area contributed by atoms with E-state index >= 15 is 0 Å². The largest absolute Gasteiger partial charge is 0.314 e. The van der Waals surface area contributed by atoms with Gasteiger partial charge in [0.1, 0.15) is 0 Å². The highest BCUT2D eigenvalue weighted by molar-refractivity contribution is 6.31. The molecule has 0 saturated carbocycles. The van der Waals surface area contributed by atoms with Gasteiger partial charge in [-0.15, -0.1) is 0 Å². The third-order valence-corrected chi connectivity index (χ3v) is 3.54. The molecule has 0 radical (unpaired) electrons. The van der Waals surface area contributed by atoms with Gasteiger partial charge in [-0.3, -0.25) is 9.58 Å². The summed E-state index contributed by atoms with van der Waals surface area (Å²) in [6.45, 7) is 4.95. The molecule has 0 aromatic carbocycles. The summed E-state index contributed by atoms with van der Waals surface area (Å²) in [6.07, 6.45) is 0. The SMILES string of the molecule is Cc1nn(C)c(CN(C)C2CNC2)c1Cl. The lowest BCUT2D eigenvalue weighted by Crippen LogP contribution is -2.55. The van der Waals surface area contributed by atoms with Crippen LogP contribution < -0.4 is 5.32 Å². The number of halogens is 1. The number of nitrogens with one attached hydrogen (secondary N) is 1. The van der Waals surface area contributed by atoms with E-state index < -0.39 is 0 Å². The van der Waals surface area contributed by atoms with E-state index in [0.717, 1.165) is 36.0 Å². The number of likely N-dealkylation sites (N-methyl/N-ethyl adjacent to an activating group) is 1. The highest BCUT2D eigenvalue weighted by Crippen LogP contribution is 2.21. The quantitative estimate of drug-likeness (QED) is 0.831. The van der Waals surface area contributed by atoms with Gasteiger partial charge >= 0.3 is 0 Å². The van der Waals surface area contributed by atoms with Gasteiger partial charge in [0.2, 0.25) is 0 Å². The Morgan fingerprint density at radius 1 is 1.60 bits per heavy atom. The van der Waals surface area contributed by atoms with Gasteiger partial charge in [0.25, 0.3) is 0 Å². The number of aromatic nitrogens is 2. The standard InChI is InChI=1S/C10H17ClN4/c1-7-10(11)9(15(3)13-7)6-14(2)8-4-12-5-8/h8,12H,4-6H2,1-3H3. The van der Waals surface area contributed by atoms with Crippen LogP contribution in [0.15, 0.2) is 0 Å². The molecule has 0 unspecified atom stereocenters. The molecule has 1 N–H and O–H groups in total. The van der Waals surface area contributed by atoms with Crippen molar-refractivity contribution in [3.05, 3.63) is 16.4 Å². The molecule has 5 heteroatoms. The first-order valence-electron chi connectivity index (χ1n) is 5.18. The first kappa shape index (κ1) is 10.9. The van der Waals surface area contributed by atoms with Gasteiger partial charge in [0.05, 0.1) is 16.4 Å². The van der Waals surface area contributed by atoms with Crippen molar-refractivity contribution in [2.45, 2.75) is 19.5 Å².